The molecule has 1 aromatic rings. The van der Waals surface area contributed by atoms with E-state index in [2.05, 4.69) is 29.5 Å². The zero-order valence-electron chi connectivity index (χ0n) is 10.3. The van der Waals surface area contributed by atoms with Crippen molar-refractivity contribution < 1.29 is 0 Å². The highest BCUT2D eigenvalue weighted by Crippen LogP contribution is 2.30. The van der Waals surface area contributed by atoms with Crippen LogP contribution in [0.25, 0.3) is 0 Å². The molecule has 0 bridgehead atoms. The SMILES string of the molecule is CC(CC1CCC1)NCC(C)c1nccs1. The Kier molecular flexibility index (Phi) is 4.36. The predicted molar refractivity (Wildman–Crippen MR) is 70.0 cm³/mol. The molecule has 2 atom stereocenters. The number of hydrogen-bond acceptors (Lipinski definition) is 3. The van der Waals surface area contributed by atoms with Crippen LogP contribution in [0.15, 0.2) is 11.6 Å². The van der Waals surface area contributed by atoms with Crippen molar-refractivity contribution in [3.05, 3.63) is 16.6 Å². The maximum absolute atomic E-state index is 4.36. The number of rotatable bonds is 6. The molecule has 0 amide bonds. The second kappa shape index (κ2) is 5.78. The fourth-order valence-corrected chi connectivity index (χ4v) is 2.95. The molecule has 1 aromatic heterocycles. The quantitative estimate of drug-likeness (QED) is 0.821. The molecule has 1 saturated carbocycles. The minimum Gasteiger partial charge on any atom is -0.314 e. The van der Waals surface area contributed by atoms with Crippen LogP contribution in [0, 0.1) is 5.92 Å². The number of hydrogen-bond donors (Lipinski definition) is 1. The van der Waals surface area contributed by atoms with Crippen molar-refractivity contribution in [2.75, 3.05) is 6.54 Å². The molecule has 1 heterocycles. The average Bonchev–Trinajstić information content (AvgIpc) is 2.73. The van der Waals surface area contributed by atoms with Crippen molar-refractivity contribution in [3.8, 4) is 0 Å². The molecule has 90 valence electrons. The molecule has 1 aliphatic rings. The Morgan fingerprint density at radius 2 is 2.31 bits per heavy atom. The van der Waals surface area contributed by atoms with Crippen LogP contribution < -0.4 is 5.32 Å². The van der Waals surface area contributed by atoms with Crippen molar-refractivity contribution in [2.24, 2.45) is 5.92 Å². The first-order chi connectivity index (χ1) is 7.75. The lowest BCUT2D eigenvalue weighted by molar-refractivity contribution is 0.265. The van der Waals surface area contributed by atoms with Crippen LogP contribution in [0.2, 0.25) is 0 Å². The summed E-state index contributed by atoms with van der Waals surface area (Å²) in [5.74, 6) is 1.54. The third-order valence-electron chi connectivity index (χ3n) is 3.56. The Hall–Kier alpha value is -0.410. The van der Waals surface area contributed by atoms with Gasteiger partial charge in [-0.3, -0.25) is 0 Å². The number of nitrogens with one attached hydrogen (secondary N) is 1. The van der Waals surface area contributed by atoms with E-state index in [9.17, 15) is 0 Å². The fraction of sp³-hybridized carbons (Fsp3) is 0.769. The molecule has 0 aliphatic heterocycles. The van der Waals surface area contributed by atoms with Gasteiger partial charge >= 0.3 is 0 Å². The van der Waals surface area contributed by atoms with E-state index in [1.807, 2.05) is 6.20 Å². The van der Waals surface area contributed by atoms with Gasteiger partial charge in [0.2, 0.25) is 0 Å². The summed E-state index contributed by atoms with van der Waals surface area (Å²) in [6, 6.07) is 0.660. The van der Waals surface area contributed by atoms with Crippen LogP contribution >= 0.6 is 11.3 Å². The lowest BCUT2D eigenvalue weighted by atomic mass is 9.81. The highest BCUT2D eigenvalue weighted by Gasteiger charge is 2.20. The number of aromatic nitrogens is 1. The smallest absolute Gasteiger partial charge is 0.0965 e. The minimum absolute atomic E-state index is 0.545. The van der Waals surface area contributed by atoms with Crippen LogP contribution in [0.5, 0.6) is 0 Å². The highest BCUT2D eigenvalue weighted by atomic mass is 32.1. The predicted octanol–water partition coefficient (Wildman–Crippen LogP) is 3.41. The van der Waals surface area contributed by atoms with Crippen molar-refractivity contribution in [1.29, 1.82) is 0 Å². The molecule has 2 nitrogen and oxygen atoms in total. The monoisotopic (exact) mass is 238 g/mol. The van der Waals surface area contributed by atoms with Crippen LogP contribution in [0.1, 0.15) is 50.5 Å². The molecular formula is C13H22N2S. The van der Waals surface area contributed by atoms with Crippen molar-refractivity contribution >= 4 is 11.3 Å². The largest absolute Gasteiger partial charge is 0.314 e. The number of thiazole rings is 1. The fourth-order valence-electron chi connectivity index (χ4n) is 2.25. The van der Waals surface area contributed by atoms with Crippen LogP contribution in [-0.4, -0.2) is 17.6 Å². The third-order valence-corrected chi connectivity index (χ3v) is 4.56. The van der Waals surface area contributed by atoms with E-state index in [-0.39, 0.29) is 0 Å². The minimum atomic E-state index is 0.545. The first-order valence-corrected chi connectivity index (χ1v) is 7.26. The van der Waals surface area contributed by atoms with E-state index in [4.69, 9.17) is 0 Å². The molecule has 3 heteroatoms. The van der Waals surface area contributed by atoms with E-state index in [0.29, 0.717) is 12.0 Å². The van der Waals surface area contributed by atoms with Gasteiger partial charge in [0, 0.05) is 30.1 Å². The first kappa shape index (κ1) is 12.1. The maximum Gasteiger partial charge on any atom is 0.0965 e. The van der Waals surface area contributed by atoms with Gasteiger partial charge in [-0.15, -0.1) is 11.3 Å². The normalized spacial score (nSPS) is 20.4. The summed E-state index contributed by atoms with van der Waals surface area (Å²) in [6.45, 7) is 5.62. The maximum atomic E-state index is 4.36. The summed E-state index contributed by atoms with van der Waals surface area (Å²) in [5.41, 5.74) is 0. The summed E-state index contributed by atoms with van der Waals surface area (Å²) in [5, 5.41) is 6.95. The van der Waals surface area contributed by atoms with E-state index >= 15 is 0 Å². The molecular weight excluding hydrogens is 216 g/mol. The van der Waals surface area contributed by atoms with Gasteiger partial charge in [0.1, 0.15) is 0 Å². The van der Waals surface area contributed by atoms with Crippen LogP contribution in [-0.2, 0) is 0 Å². The molecule has 0 aromatic carbocycles. The molecule has 1 N–H and O–H groups in total. The van der Waals surface area contributed by atoms with Gasteiger partial charge in [-0.2, -0.15) is 0 Å². The summed E-state index contributed by atoms with van der Waals surface area (Å²) in [7, 11) is 0. The summed E-state index contributed by atoms with van der Waals surface area (Å²) < 4.78 is 0. The molecule has 1 aliphatic carbocycles. The molecule has 0 spiro atoms. The lowest BCUT2D eigenvalue weighted by Crippen LogP contribution is -2.32. The summed E-state index contributed by atoms with van der Waals surface area (Å²) in [4.78, 5) is 4.36. The van der Waals surface area contributed by atoms with Gasteiger partial charge < -0.3 is 5.32 Å². The van der Waals surface area contributed by atoms with Crippen molar-refractivity contribution in [3.63, 3.8) is 0 Å². The van der Waals surface area contributed by atoms with Crippen LogP contribution in [0.4, 0.5) is 0 Å². The Morgan fingerprint density at radius 1 is 1.50 bits per heavy atom. The molecule has 0 saturated heterocycles. The Balaban J connectivity index is 1.66. The van der Waals surface area contributed by atoms with Crippen molar-refractivity contribution in [1.82, 2.24) is 10.3 Å². The topological polar surface area (TPSA) is 24.9 Å². The van der Waals surface area contributed by atoms with E-state index in [1.165, 1.54) is 30.7 Å². The second-order valence-electron chi connectivity index (χ2n) is 5.11. The summed E-state index contributed by atoms with van der Waals surface area (Å²) in [6.07, 6.45) is 7.61. The number of nitrogens with zero attached hydrogens (tertiary/aromatic N) is 1. The average molecular weight is 238 g/mol. The van der Waals surface area contributed by atoms with Crippen molar-refractivity contribution in [2.45, 2.75) is 51.5 Å². The van der Waals surface area contributed by atoms with E-state index in [0.717, 1.165) is 12.5 Å². The van der Waals surface area contributed by atoms with E-state index < -0.39 is 0 Å². The third kappa shape index (κ3) is 3.29. The zero-order valence-corrected chi connectivity index (χ0v) is 11.1. The molecule has 2 rings (SSSR count). The van der Waals surface area contributed by atoms with Gasteiger partial charge in [0.05, 0.1) is 5.01 Å². The lowest BCUT2D eigenvalue weighted by Gasteiger charge is -2.29. The zero-order chi connectivity index (χ0) is 11.4. The second-order valence-corrected chi connectivity index (χ2v) is 6.04. The van der Waals surface area contributed by atoms with Gasteiger partial charge in [0.25, 0.3) is 0 Å². The molecule has 1 fully saturated rings. The highest BCUT2D eigenvalue weighted by molar-refractivity contribution is 7.09. The van der Waals surface area contributed by atoms with Gasteiger partial charge in [-0.25, -0.2) is 4.98 Å². The first-order valence-electron chi connectivity index (χ1n) is 6.38. The Morgan fingerprint density at radius 3 is 2.88 bits per heavy atom. The summed E-state index contributed by atoms with van der Waals surface area (Å²) >= 11 is 1.76. The van der Waals surface area contributed by atoms with Gasteiger partial charge in [-0.05, 0) is 19.3 Å². The Bertz CT molecular complexity index is 293. The van der Waals surface area contributed by atoms with E-state index in [1.54, 1.807) is 11.3 Å². The van der Waals surface area contributed by atoms with Crippen LogP contribution in [0.3, 0.4) is 0 Å². The standard InChI is InChI=1S/C13H22N2S/c1-10(13-14-6-7-16-13)9-15-11(2)8-12-4-3-5-12/h6-7,10-12,15H,3-5,8-9H2,1-2H3. The van der Waals surface area contributed by atoms with Gasteiger partial charge in [0.15, 0.2) is 0 Å². The van der Waals surface area contributed by atoms with Gasteiger partial charge in [-0.1, -0.05) is 26.2 Å². The molecule has 2 unspecified atom stereocenters. The Labute approximate surface area is 102 Å². The molecule has 16 heavy (non-hydrogen) atoms. The molecule has 0 radical (unpaired) electrons.